The standard InChI is InChI=1S/C16H32N2/c1-13(2)16-10-7-11-18(16)12-15(17-3)14-8-5-4-6-9-14/h13-17H,4-12H2,1-3H3. The molecule has 2 fully saturated rings. The molecule has 1 heterocycles. The van der Waals surface area contributed by atoms with Crippen LogP contribution in [-0.4, -0.2) is 37.1 Å². The van der Waals surface area contributed by atoms with Gasteiger partial charge in [0.25, 0.3) is 0 Å². The second-order valence-corrected chi connectivity index (χ2v) is 6.74. The zero-order valence-electron chi connectivity index (χ0n) is 12.6. The molecule has 0 amide bonds. The molecule has 2 unspecified atom stereocenters. The first kappa shape index (κ1) is 14.3. The molecule has 0 bridgehead atoms. The maximum Gasteiger partial charge on any atom is 0.0220 e. The van der Waals surface area contributed by atoms with Gasteiger partial charge in [0.15, 0.2) is 0 Å². The molecule has 18 heavy (non-hydrogen) atoms. The Hall–Kier alpha value is -0.0800. The van der Waals surface area contributed by atoms with Crippen molar-refractivity contribution >= 4 is 0 Å². The first-order valence-electron chi connectivity index (χ1n) is 8.13. The summed E-state index contributed by atoms with van der Waals surface area (Å²) in [5, 5.41) is 3.62. The number of hydrogen-bond acceptors (Lipinski definition) is 2. The van der Waals surface area contributed by atoms with Gasteiger partial charge >= 0.3 is 0 Å². The van der Waals surface area contributed by atoms with Crippen molar-refractivity contribution < 1.29 is 0 Å². The minimum atomic E-state index is 0.727. The molecule has 0 aromatic carbocycles. The molecule has 1 N–H and O–H groups in total. The van der Waals surface area contributed by atoms with E-state index < -0.39 is 0 Å². The largest absolute Gasteiger partial charge is 0.315 e. The molecule has 0 spiro atoms. The lowest BCUT2D eigenvalue weighted by Crippen LogP contribution is -2.47. The van der Waals surface area contributed by atoms with Crippen LogP contribution in [0.15, 0.2) is 0 Å². The Balaban J connectivity index is 1.88. The van der Waals surface area contributed by atoms with Gasteiger partial charge in [0.1, 0.15) is 0 Å². The van der Waals surface area contributed by atoms with Crippen LogP contribution in [-0.2, 0) is 0 Å². The second-order valence-electron chi connectivity index (χ2n) is 6.74. The number of nitrogens with zero attached hydrogens (tertiary/aromatic N) is 1. The van der Waals surface area contributed by atoms with Crippen LogP contribution in [0.4, 0.5) is 0 Å². The molecule has 1 saturated heterocycles. The Morgan fingerprint density at radius 2 is 1.78 bits per heavy atom. The van der Waals surface area contributed by atoms with E-state index >= 15 is 0 Å². The molecule has 0 aromatic heterocycles. The number of likely N-dealkylation sites (tertiary alicyclic amines) is 1. The highest BCUT2D eigenvalue weighted by Gasteiger charge is 2.31. The molecule has 1 aliphatic heterocycles. The zero-order chi connectivity index (χ0) is 13.0. The SMILES string of the molecule is CNC(CN1CCCC1C(C)C)C1CCCCC1. The third kappa shape index (κ3) is 3.48. The van der Waals surface area contributed by atoms with E-state index in [1.54, 1.807) is 0 Å². The summed E-state index contributed by atoms with van der Waals surface area (Å²) in [6.07, 6.45) is 10.1. The summed E-state index contributed by atoms with van der Waals surface area (Å²) in [6.45, 7) is 7.38. The van der Waals surface area contributed by atoms with Crippen LogP contribution in [0.1, 0.15) is 58.8 Å². The number of likely N-dealkylation sites (N-methyl/N-ethyl adjacent to an activating group) is 1. The van der Waals surface area contributed by atoms with E-state index in [9.17, 15) is 0 Å². The van der Waals surface area contributed by atoms with E-state index in [0.29, 0.717) is 0 Å². The van der Waals surface area contributed by atoms with Gasteiger partial charge < -0.3 is 5.32 Å². The molecule has 2 rings (SSSR count). The van der Waals surface area contributed by atoms with Crippen molar-refractivity contribution in [2.75, 3.05) is 20.1 Å². The van der Waals surface area contributed by atoms with Crippen LogP contribution >= 0.6 is 0 Å². The van der Waals surface area contributed by atoms with Crippen LogP contribution in [0.5, 0.6) is 0 Å². The highest BCUT2D eigenvalue weighted by molar-refractivity contribution is 4.87. The van der Waals surface area contributed by atoms with E-state index in [0.717, 1.165) is 23.9 Å². The van der Waals surface area contributed by atoms with Crippen molar-refractivity contribution in [3.63, 3.8) is 0 Å². The van der Waals surface area contributed by atoms with Crippen LogP contribution in [0, 0.1) is 11.8 Å². The van der Waals surface area contributed by atoms with Gasteiger partial charge in [0.2, 0.25) is 0 Å². The predicted octanol–water partition coefficient (Wildman–Crippen LogP) is 3.28. The predicted molar refractivity (Wildman–Crippen MR) is 78.9 cm³/mol. The van der Waals surface area contributed by atoms with Gasteiger partial charge in [0, 0.05) is 18.6 Å². The Labute approximate surface area is 114 Å². The monoisotopic (exact) mass is 252 g/mol. The highest BCUT2D eigenvalue weighted by Crippen LogP contribution is 2.29. The fourth-order valence-corrected chi connectivity index (χ4v) is 4.10. The van der Waals surface area contributed by atoms with Crippen LogP contribution in [0.2, 0.25) is 0 Å². The Kier molecular flexibility index (Phi) is 5.50. The van der Waals surface area contributed by atoms with E-state index in [-0.39, 0.29) is 0 Å². The van der Waals surface area contributed by atoms with E-state index in [4.69, 9.17) is 0 Å². The summed E-state index contributed by atoms with van der Waals surface area (Å²) in [5.74, 6) is 1.74. The minimum Gasteiger partial charge on any atom is -0.315 e. The quantitative estimate of drug-likeness (QED) is 0.808. The van der Waals surface area contributed by atoms with Crippen molar-refractivity contribution in [3.05, 3.63) is 0 Å². The molecule has 0 radical (unpaired) electrons. The van der Waals surface area contributed by atoms with Gasteiger partial charge in [-0.2, -0.15) is 0 Å². The van der Waals surface area contributed by atoms with Gasteiger partial charge in [-0.25, -0.2) is 0 Å². The zero-order valence-corrected chi connectivity index (χ0v) is 12.6. The van der Waals surface area contributed by atoms with Crippen LogP contribution in [0.3, 0.4) is 0 Å². The molecule has 0 aromatic rings. The minimum absolute atomic E-state index is 0.727. The topological polar surface area (TPSA) is 15.3 Å². The molecule has 2 heteroatoms. The van der Waals surface area contributed by atoms with Crippen LogP contribution in [0.25, 0.3) is 0 Å². The maximum atomic E-state index is 3.62. The summed E-state index contributed by atoms with van der Waals surface area (Å²) in [5.41, 5.74) is 0. The molecule has 2 atom stereocenters. The van der Waals surface area contributed by atoms with E-state index in [1.165, 1.54) is 58.0 Å². The van der Waals surface area contributed by atoms with E-state index in [1.807, 2.05) is 0 Å². The molecule has 1 aliphatic carbocycles. The molecular weight excluding hydrogens is 220 g/mol. The van der Waals surface area contributed by atoms with Crippen molar-refractivity contribution in [1.29, 1.82) is 0 Å². The van der Waals surface area contributed by atoms with Gasteiger partial charge in [0.05, 0.1) is 0 Å². The fourth-order valence-electron chi connectivity index (χ4n) is 4.10. The number of nitrogens with one attached hydrogen (secondary N) is 1. The third-order valence-electron chi connectivity index (χ3n) is 5.20. The average molecular weight is 252 g/mol. The lowest BCUT2D eigenvalue weighted by Gasteiger charge is -2.36. The fraction of sp³-hybridized carbons (Fsp3) is 1.00. The van der Waals surface area contributed by atoms with Crippen LogP contribution < -0.4 is 5.32 Å². The maximum absolute atomic E-state index is 3.62. The number of rotatable bonds is 5. The van der Waals surface area contributed by atoms with E-state index in [2.05, 4.69) is 31.1 Å². The van der Waals surface area contributed by atoms with Crippen molar-refractivity contribution in [2.24, 2.45) is 11.8 Å². The molecule has 1 saturated carbocycles. The molecule has 106 valence electrons. The van der Waals surface area contributed by atoms with Gasteiger partial charge in [-0.3, -0.25) is 4.90 Å². The van der Waals surface area contributed by atoms with Gasteiger partial charge in [-0.05, 0) is 51.1 Å². The average Bonchev–Trinajstić information content (AvgIpc) is 2.85. The Morgan fingerprint density at radius 3 is 2.39 bits per heavy atom. The summed E-state index contributed by atoms with van der Waals surface area (Å²) < 4.78 is 0. The summed E-state index contributed by atoms with van der Waals surface area (Å²) in [6, 6.07) is 1.56. The van der Waals surface area contributed by atoms with Gasteiger partial charge in [-0.1, -0.05) is 33.1 Å². The number of hydrogen-bond donors (Lipinski definition) is 1. The lowest BCUT2D eigenvalue weighted by atomic mass is 9.83. The Morgan fingerprint density at radius 1 is 1.06 bits per heavy atom. The van der Waals surface area contributed by atoms with Crippen molar-refractivity contribution in [3.8, 4) is 0 Å². The normalized spacial score (nSPS) is 29.0. The molecular formula is C16H32N2. The first-order chi connectivity index (χ1) is 8.72. The van der Waals surface area contributed by atoms with Gasteiger partial charge in [-0.15, -0.1) is 0 Å². The highest BCUT2D eigenvalue weighted by atomic mass is 15.2. The summed E-state index contributed by atoms with van der Waals surface area (Å²) in [4.78, 5) is 2.76. The third-order valence-corrected chi connectivity index (χ3v) is 5.20. The second kappa shape index (κ2) is 6.91. The van der Waals surface area contributed by atoms with Crippen molar-refractivity contribution in [2.45, 2.75) is 70.9 Å². The first-order valence-corrected chi connectivity index (χ1v) is 8.13. The lowest BCUT2D eigenvalue weighted by molar-refractivity contribution is 0.154. The molecule has 2 nitrogen and oxygen atoms in total. The molecule has 2 aliphatic rings. The summed E-state index contributed by atoms with van der Waals surface area (Å²) in [7, 11) is 2.17. The summed E-state index contributed by atoms with van der Waals surface area (Å²) >= 11 is 0. The van der Waals surface area contributed by atoms with Crippen molar-refractivity contribution in [1.82, 2.24) is 10.2 Å². The smallest absolute Gasteiger partial charge is 0.0220 e. The Bertz CT molecular complexity index is 233.